The number of hydrogen-bond acceptors (Lipinski definition) is 0. The third kappa shape index (κ3) is 3.61. The van der Waals surface area contributed by atoms with Crippen molar-refractivity contribution >= 4 is 50.7 Å². The molecule has 0 amide bonds. The second-order valence-electron chi connectivity index (χ2n) is 8.85. The molecule has 0 radical (unpaired) electrons. The Balaban J connectivity index is 3.48. The standard InChI is InChI=1S/C15H32Si4Te/c1-16(2,3)19(17(4,5)6,18(7,8)9)20-15-13-11-10-12-14-15/h10-14H,1-9H3. The summed E-state index contributed by atoms with van der Waals surface area (Å²) in [5.74, 6) is 0. The SMILES string of the molecule is C[Si](C)(C)[Si]([Te]c1ccccc1)([Si](C)(C)C)[Si](C)(C)C. The molecule has 0 bridgehead atoms. The summed E-state index contributed by atoms with van der Waals surface area (Å²) in [5, 5.41) is 0. The van der Waals surface area contributed by atoms with Crippen LogP contribution in [0.4, 0.5) is 0 Å². The van der Waals surface area contributed by atoms with Gasteiger partial charge in [-0.25, -0.2) is 0 Å². The van der Waals surface area contributed by atoms with Gasteiger partial charge in [-0.3, -0.25) is 0 Å². The fourth-order valence-electron chi connectivity index (χ4n) is 4.50. The molecule has 0 heterocycles. The molecule has 1 aromatic rings. The van der Waals surface area contributed by atoms with Crippen molar-refractivity contribution in [3.8, 4) is 0 Å². The zero-order chi connectivity index (χ0) is 15.8. The van der Waals surface area contributed by atoms with E-state index in [2.05, 4.69) is 89.3 Å². The maximum absolute atomic E-state index is 2.71. The Hall–Kier alpha value is 0.877. The third-order valence-electron chi connectivity index (χ3n) is 4.18. The van der Waals surface area contributed by atoms with Gasteiger partial charge in [0, 0.05) is 0 Å². The van der Waals surface area contributed by atoms with Crippen LogP contribution in [0.25, 0.3) is 0 Å². The summed E-state index contributed by atoms with van der Waals surface area (Å²) in [6, 6.07) is 11.6. The monoisotopic (exact) mass is 454 g/mol. The molecule has 0 aromatic heterocycles. The van der Waals surface area contributed by atoms with E-state index in [1.165, 1.54) is 0 Å². The van der Waals surface area contributed by atoms with Gasteiger partial charge in [0.1, 0.15) is 0 Å². The van der Waals surface area contributed by atoms with E-state index in [0.717, 1.165) is 0 Å². The molecule has 0 aliphatic carbocycles. The average Bonchev–Trinajstić information content (AvgIpc) is 2.22. The molecular formula is C15H32Si4Te. The molecule has 20 heavy (non-hydrogen) atoms. The van der Waals surface area contributed by atoms with E-state index >= 15 is 0 Å². The summed E-state index contributed by atoms with van der Waals surface area (Å²) in [4.78, 5) is 0. The minimum atomic E-state index is -1.09. The zero-order valence-electron chi connectivity index (χ0n) is 14.8. The first-order valence-corrected chi connectivity index (χ1v) is 27.6. The summed E-state index contributed by atoms with van der Waals surface area (Å²) in [7, 11) is -3.21. The number of rotatable bonds is 5. The molecule has 5 heteroatoms. The van der Waals surface area contributed by atoms with Crippen LogP contribution >= 0.6 is 0 Å². The minimum absolute atomic E-state index is 0.00619. The first-order valence-electron chi connectivity index (χ1n) is 7.57. The molecule has 0 spiro atoms. The van der Waals surface area contributed by atoms with Crippen LogP contribution in [0.3, 0.4) is 0 Å². The van der Waals surface area contributed by atoms with Crippen molar-refractivity contribution in [3.05, 3.63) is 30.3 Å². The van der Waals surface area contributed by atoms with Crippen LogP contribution < -0.4 is 3.61 Å². The second kappa shape index (κ2) is 6.17. The molecule has 0 N–H and O–H groups in total. The molecule has 0 atom stereocenters. The fraction of sp³-hybridized carbons (Fsp3) is 0.600. The normalized spacial score (nSPS) is 14.4. The van der Waals surface area contributed by atoms with Crippen molar-refractivity contribution in [2.24, 2.45) is 0 Å². The van der Waals surface area contributed by atoms with Crippen molar-refractivity contribution in [2.75, 3.05) is 0 Å². The second-order valence-corrected chi connectivity index (χ2v) is 67.1. The van der Waals surface area contributed by atoms with Crippen LogP contribution in [0.15, 0.2) is 30.3 Å². The van der Waals surface area contributed by atoms with E-state index < -0.39 is 26.9 Å². The van der Waals surface area contributed by atoms with Crippen LogP contribution in [0.5, 0.6) is 0 Å². The summed E-state index contributed by atoms with van der Waals surface area (Å²) in [5.41, 5.74) is 0. The van der Waals surface area contributed by atoms with Gasteiger partial charge in [-0.15, -0.1) is 0 Å². The van der Waals surface area contributed by atoms with Gasteiger partial charge in [0.15, 0.2) is 0 Å². The van der Waals surface area contributed by atoms with Gasteiger partial charge in [-0.2, -0.15) is 0 Å². The van der Waals surface area contributed by atoms with Crippen LogP contribution in [0.2, 0.25) is 58.9 Å². The van der Waals surface area contributed by atoms with Crippen LogP contribution in [0, 0.1) is 0 Å². The summed E-state index contributed by atoms with van der Waals surface area (Å²) in [6.07, 6.45) is 0. The molecule has 0 saturated carbocycles. The van der Waals surface area contributed by atoms with E-state index in [0.29, 0.717) is 0 Å². The van der Waals surface area contributed by atoms with E-state index in [1.807, 2.05) is 0 Å². The van der Waals surface area contributed by atoms with E-state index in [9.17, 15) is 0 Å². The van der Waals surface area contributed by atoms with Crippen LogP contribution in [-0.2, 0) is 0 Å². The van der Waals surface area contributed by atoms with Crippen molar-refractivity contribution in [3.63, 3.8) is 0 Å². The Labute approximate surface area is 139 Å². The van der Waals surface area contributed by atoms with Gasteiger partial charge in [0.2, 0.25) is 0 Å². The quantitative estimate of drug-likeness (QED) is 0.588. The van der Waals surface area contributed by atoms with Gasteiger partial charge < -0.3 is 0 Å². The van der Waals surface area contributed by atoms with Crippen molar-refractivity contribution in [1.29, 1.82) is 0 Å². The Kier molecular flexibility index (Phi) is 5.84. The van der Waals surface area contributed by atoms with Gasteiger partial charge in [0.05, 0.1) is 0 Å². The molecule has 114 valence electrons. The third-order valence-corrected chi connectivity index (χ3v) is 129. The predicted octanol–water partition coefficient (Wildman–Crippen LogP) is 4.21. The summed E-state index contributed by atoms with van der Waals surface area (Å²) >= 11 is 0.00619. The number of hydrogen-bond donors (Lipinski definition) is 0. The van der Waals surface area contributed by atoms with Gasteiger partial charge in [-0.1, -0.05) is 0 Å². The molecule has 0 unspecified atom stereocenters. The summed E-state index contributed by atoms with van der Waals surface area (Å²) < 4.78 is 0.653. The Morgan fingerprint density at radius 2 is 0.950 bits per heavy atom. The Bertz CT molecular complexity index is 402. The van der Waals surface area contributed by atoms with E-state index in [-0.39, 0.29) is 20.1 Å². The van der Waals surface area contributed by atoms with Crippen molar-refractivity contribution in [1.82, 2.24) is 0 Å². The van der Waals surface area contributed by atoms with Crippen molar-refractivity contribution in [2.45, 2.75) is 58.9 Å². The molecular weight excluding hydrogens is 420 g/mol. The summed E-state index contributed by atoms with van der Waals surface area (Å²) in [6.45, 7) is 24.4. The van der Waals surface area contributed by atoms with Gasteiger partial charge >= 0.3 is 140 Å². The molecule has 0 aliphatic heterocycles. The molecule has 0 aliphatic rings. The fourth-order valence-corrected chi connectivity index (χ4v) is 132. The molecule has 0 fully saturated rings. The molecule has 0 nitrogen and oxygen atoms in total. The van der Waals surface area contributed by atoms with E-state index in [1.54, 1.807) is 3.61 Å². The Morgan fingerprint density at radius 3 is 1.25 bits per heavy atom. The van der Waals surface area contributed by atoms with E-state index in [4.69, 9.17) is 0 Å². The van der Waals surface area contributed by atoms with Crippen LogP contribution in [-0.4, -0.2) is 47.1 Å². The number of benzene rings is 1. The van der Waals surface area contributed by atoms with Gasteiger partial charge in [-0.05, 0) is 0 Å². The first-order chi connectivity index (χ1) is 8.83. The molecule has 1 rings (SSSR count). The zero-order valence-corrected chi connectivity index (χ0v) is 21.1. The molecule has 1 aromatic carbocycles. The molecule has 0 saturated heterocycles. The topological polar surface area (TPSA) is 0 Å². The van der Waals surface area contributed by atoms with Crippen LogP contribution in [0.1, 0.15) is 0 Å². The maximum atomic E-state index is 2.71. The van der Waals surface area contributed by atoms with Crippen molar-refractivity contribution < 1.29 is 0 Å². The predicted molar refractivity (Wildman–Crippen MR) is 108 cm³/mol. The van der Waals surface area contributed by atoms with Gasteiger partial charge in [0.25, 0.3) is 0 Å². The average molecular weight is 452 g/mol. The Morgan fingerprint density at radius 1 is 0.600 bits per heavy atom. The first kappa shape index (κ1) is 18.9.